The standard InChI is InChI=1S/C14H26N2O4/c1-5-15(3)9-11-19-13(17)7-8-14(18)20-12-10-16(4)6-2/h7-8H,5-6,9-12H2,1-4H3/b8-7-. The van der Waals surface area contributed by atoms with E-state index in [1.54, 1.807) is 0 Å². The Balaban J connectivity index is 3.75. The molecule has 0 saturated heterocycles. The van der Waals surface area contributed by atoms with E-state index in [0.717, 1.165) is 25.2 Å². The van der Waals surface area contributed by atoms with Crippen molar-refractivity contribution < 1.29 is 19.1 Å². The smallest absolute Gasteiger partial charge is 0.331 e. The molecule has 116 valence electrons. The average molecular weight is 286 g/mol. The minimum atomic E-state index is -0.530. The summed E-state index contributed by atoms with van der Waals surface area (Å²) >= 11 is 0. The molecule has 20 heavy (non-hydrogen) atoms. The zero-order valence-electron chi connectivity index (χ0n) is 12.9. The Kier molecular flexibility index (Phi) is 10.6. The van der Waals surface area contributed by atoms with Crippen LogP contribution >= 0.6 is 0 Å². The zero-order chi connectivity index (χ0) is 15.4. The number of ether oxygens (including phenoxy) is 2. The van der Waals surface area contributed by atoms with Gasteiger partial charge in [0.15, 0.2) is 0 Å². The monoisotopic (exact) mass is 286 g/mol. The lowest BCUT2D eigenvalue weighted by molar-refractivity contribution is -0.140. The largest absolute Gasteiger partial charge is 0.461 e. The van der Waals surface area contributed by atoms with E-state index >= 15 is 0 Å². The summed E-state index contributed by atoms with van der Waals surface area (Å²) in [6.45, 7) is 7.79. The van der Waals surface area contributed by atoms with Crippen LogP contribution in [0.1, 0.15) is 13.8 Å². The molecule has 0 aromatic heterocycles. The fourth-order valence-corrected chi connectivity index (χ4v) is 1.15. The minimum absolute atomic E-state index is 0.309. The summed E-state index contributed by atoms with van der Waals surface area (Å²) in [6.07, 6.45) is 2.19. The van der Waals surface area contributed by atoms with Gasteiger partial charge < -0.3 is 19.3 Å². The van der Waals surface area contributed by atoms with Gasteiger partial charge in [0, 0.05) is 25.2 Å². The first-order valence-corrected chi connectivity index (χ1v) is 6.88. The second kappa shape index (κ2) is 11.4. The van der Waals surface area contributed by atoms with Gasteiger partial charge in [0.2, 0.25) is 0 Å². The summed E-state index contributed by atoms with van der Waals surface area (Å²) in [4.78, 5) is 26.7. The number of hydrogen-bond acceptors (Lipinski definition) is 6. The number of hydrogen-bond donors (Lipinski definition) is 0. The van der Waals surface area contributed by atoms with Gasteiger partial charge in [-0.15, -0.1) is 0 Å². The highest BCUT2D eigenvalue weighted by Crippen LogP contribution is 1.89. The van der Waals surface area contributed by atoms with E-state index in [0.29, 0.717) is 26.3 Å². The molecule has 0 spiro atoms. The van der Waals surface area contributed by atoms with Crippen molar-refractivity contribution >= 4 is 11.9 Å². The summed E-state index contributed by atoms with van der Waals surface area (Å²) in [5, 5.41) is 0. The molecule has 0 N–H and O–H groups in total. The molecule has 0 saturated carbocycles. The van der Waals surface area contributed by atoms with E-state index in [9.17, 15) is 9.59 Å². The first-order valence-electron chi connectivity index (χ1n) is 6.88. The van der Waals surface area contributed by atoms with Gasteiger partial charge in [-0.05, 0) is 27.2 Å². The predicted molar refractivity (Wildman–Crippen MR) is 77.4 cm³/mol. The van der Waals surface area contributed by atoms with Crippen LogP contribution in [0.3, 0.4) is 0 Å². The lowest BCUT2D eigenvalue weighted by Gasteiger charge is -2.13. The van der Waals surface area contributed by atoms with Gasteiger partial charge in [-0.2, -0.15) is 0 Å². The first kappa shape index (κ1) is 18.6. The second-order valence-corrected chi connectivity index (χ2v) is 4.46. The molecule has 6 nitrogen and oxygen atoms in total. The molecule has 0 aliphatic carbocycles. The lowest BCUT2D eigenvalue weighted by Crippen LogP contribution is -2.24. The quantitative estimate of drug-likeness (QED) is 0.431. The van der Waals surface area contributed by atoms with Crippen LogP contribution in [-0.2, 0) is 19.1 Å². The zero-order valence-corrected chi connectivity index (χ0v) is 12.9. The molecular weight excluding hydrogens is 260 g/mol. The van der Waals surface area contributed by atoms with E-state index < -0.39 is 11.9 Å². The molecule has 0 amide bonds. The summed E-state index contributed by atoms with van der Waals surface area (Å²) < 4.78 is 9.88. The Morgan fingerprint density at radius 3 is 1.50 bits per heavy atom. The van der Waals surface area contributed by atoms with Crippen LogP contribution in [0.15, 0.2) is 12.2 Å². The van der Waals surface area contributed by atoms with Crippen molar-refractivity contribution in [1.29, 1.82) is 0 Å². The molecule has 0 rings (SSSR count). The van der Waals surface area contributed by atoms with Crippen LogP contribution in [0, 0.1) is 0 Å². The van der Waals surface area contributed by atoms with Crippen molar-refractivity contribution in [3.8, 4) is 0 Å². The second-order valence-electron chi connectivity index (χ2n) is 4.46. The van der Waals surface area contributed by atoms with E-state index in [2.05, 4.69) is 0 Å². The molecule has 0 bridgehead atoms. The maximum absolute atomic E-state index is 11.3. The maximum Gasteiger partial charge on any atom is 0.331 e. The number of carbonyl (C=O) groups excluding carboxylic acids is 2. The van der Waals surface area contributed by atoms with Crippen molar-refractivity contribution in [1.82, 2.24) is 9.80 Å². The van der Waals surface area contributed by atoms with E-state index in [1.807, 2.05) is 37.7 Å². The van der Waals surface area contributed by atoms with Crippen molar-refractivity contribution in [2.75, 3.05) is 53.5 Å². The third-order valence-electron chi connectivity index (χ3n) is 2.87. The molecule has 0 unspecified atom stereocenters. The fraction of sp³-hybridized carbons (Fsp3) is 0.714. The van der Waals surface area contributed by atoms with Gasteiger partial charge in [0.05, 0.1) is 0 Å². The van der Waals surface area contributed by atoms with Gasteiger partial charge in [-0.3, -0.25) is 0 Å². The van der Waals surface area contributed by atoms with E-state index in [1.165, 1.54) is 0 Å². The van der Waals surface area contributed by atoms with E-state index in [4.69, 9.17) is 9.47 Å². The molecule has 0 aromatic rings. The van der Waals surface area contributed by atoms with Gasteiger partial charge in [-0.1, -0.05) is 13.8 Å². The maximum atomic E-state index is 11.3. The van der Waals surface area contributed by atoms with Crippen LogP contribution in [-0.4, -0.2) is 75.2 Å². The molecule has 0 aliphatic heterocycles. The van der Waals surface area contributed by atoms with Gasteiger partial charge in [0.25, 0.3) is 0 Å². The number of esters is 2. The fourth-order valence-electron chi connectivity index (χ4n) is 1.15. The highest BCUT2D eigenvalue weighted by Gasteiger charge is 2.02. The van der Waals surface area contributed by atoms with Crippen LogP contribution in [0.25, 0.3) is 0 Å². The normalized spacial score (nSPS) is 11.3. The van der Waals surface area contributed by atoms with Gasteiger partial charge in [-0.25, -0.2) is 9.59 Å². The summed E-state index contributed by atoms with van der Waals surface area (Å²) in [5.41, 5.74) is 0. The average Bonchev–Trinajstić information content (AvgIpc) is 2.44. The van der Waals surface area contributed by atoms with Crippen molar-refractivity contribution in [2.24, 2.45) is 0 Å². The highest BCUT2D eigenvalue weighted by atomic mass is 16.5. The molecule has 0 atom stereocenters. The van der Waals surface area contributed by atoms with Crippen LogP contribution in [0.4, 0.5) is 0 Å². The predicted octanol–water partition coefficient (Wildman–Crippen LogP) is 0.532. The Morgan fingerprint density at radius 2 is 1.20 bits per heavy atom. The molecule has 0 aliphatic rings. The van der Waals surface area contributed by atoms with Gasteiger partial charge >= 0.3 is 11.9 Å². The third kappa shape index (κ3) is 10.5. The van der Waals surface area contributed by atoms with Crippen molar-refractivity contribution in [2.45, 2.75) is 13.8 Å². The summed E-state index contributed by atoms with van der Waals surface area (Å²) in [5.74, 6) is -1.06. The molecule has 0 aromatic carbocycles. The molecule has 0 fully saturated rings. The topological polar surface area (TPSA) is 59.1 Å². The number of rotatable bonds is 10. The highest BCUT2D eigenvalue weighted by molar-refractivity contribution is 5.91. The third-order valence-corrected chi connectivity index (χ3v) is 2.87. The lowest BCUT2D eigenvalue weighted by atomic mass is 10.5. The number of likely N-dealkylation sites (N-methyl/N-ethyl adjacent to an activating group) is 2. The Labute approximate surface area is 121 Å². The summed E-state index contributed by atoms with van der Waals surface area (Å²) in [7, 11) is 3.88. The Bertz CT molecular complexity index is 288. The van der Waals surface area contributed by atoms with Crippen molar-refractivity contribution in [3.63, 3.8) is 0 Å². The Hall–Kier alpha value is -1.40. The van der Waals surface area contributed by atoms with E-state index in [-0.39, 0.29) is 0 Å². The van der Waals surface area contributed by atoms with Crippen LogP contribution in [0.2, 0.25) is 0 Å². The minimum Gasteiger partial charge on any atom is -0.461 e. The number of nitrogens with zero attached hydrogens (tertiary/aromatic N) is 2. The van der Waals surface area contributed by atoms with Gasteiger partial charge in [0.1, 0.15) is 13.2 Å². The Morgan fingerprint density at radius 1 is 0.850 bits per heavy atom. The molecule has 6 heteroatoms. The number of carbonyl (C=O) groups is 2. The summed E-state index contributed by atoms with van der Waals surface area (Å²) in [6, 6.07) is 0. The molecular formula is C14H26N2O4. The van der Waals surface area contributed by atoms with Crippen LogP contribution in [0.5, 0.6) is 0 Å². The molecule has 0 heterocycles. The van der Waals surface area contributed by atoms with Crippen molar-refractivity contribution in [3.05, 3.63) is 12.2 Å². The molecule has 0 radical (unpaired) electrons. The first-order chi connectivity index (χ1) is 9.49. The SMILES string of the molecule is CCN(C)CCOC(=O)/C=C\C(=O)OCCN(C)CC. The van der Waals surface area contributed by atoms with Crippen LogP contribution < -0.4 is 0 Å².